The van der Waals surface area contributed by atoms with E-state index in [2.05, 4.69) is 11.4 Å². The molecule has 2 amide bonds. The van der Waals surface area contributed by atoms with Crippen LogP contribution in [0.25, 0.3) is 0 Å². The van der Waals surface area contributed by atoms with E-state index in [1.54, 1.807) is 24.1 Å². The second kappa shape index (κ2) is 9.30. The third-order valence-electron chi connectivity index (χ3n) is 6.23. The molecule has 2 aliphatic rings. The number of nitrogens with one attached hydrogen (secondary N) is 2. The van der Waals surface area contributed by atoms with Gasteiger partial charge in [0.25, 0.3) is 5.91 Å². The van der Waals surface area contributed by atoms with E-state index in [4.69, 9.17) is 4.74 Å². The molecule has 0 unspecified atom stereocenters. The van der Waals surface area contributed by atoms with Gasteiger partial charge >= 0.3 is 0 Å². The number of likely N-dealkylation sites (tertiary alicyclic amines) is 1. The molecule has 2 saturated heterocycles. The SMILES string of the molecule is COc1ccccc1[C@@H](CNC(=O)c1ccc(N2CCCC2=O)cc1)[NH+]1CCCC1. The van der Waals surface area contributed by atoms with Gasteiger partial charge in [-0.1, -0.05) is 12.1 Å². The van der Waals surface area contributed by atoms with Gasteiger partial charge in [-0.3, -0.25) is 9.59 Å². The lowest BCUT2D eigenvalue weighted by Gasteiger charge is -2.26. The van der Waals surface area contributed by atoms with Gasteiger partial charge in [-0.25, -0.2) is 0 Å². The van der Waals surface area contributed by atoms with Crippen LogP contribution in [0.3, 0.4) is 0 Å². The largest absolute Gasteiger partial charge is 0.496 e. The molecule has 2 N–H and O–H groups in total. The molecule has 4 rings (SSSR count). The summed E-state index contributed by atoms with van der Waals surface area (Å²) in [6.45, 7) is 3.53. The third kappa shape index (κ3) is 4.33. The van der Waals surface area contributed by atoms with Crippen molar-refractivity contribution in [1.29, 1.82) is 0 Å². The molecular formula is C24H30N3O3+. The first kappa shape index (κ1) is 20.4. The summed E-state index contributed by atoms with van der Waals surface area (Å²) in [7, 11) is 1.69. The second-order valence-electron chi connectivity index (χ2n) is 8.07. The summed E-state index contributed by atoms with van der Waals surface area (Å²) in [5.41, 5.74) is 2.61. The number of nitrogens with zero attached hydrogens (tertiary/aromatic N) is 1. The first-order valence-electron chi connectivity index (χ1n) is 10.8. The smallest absolute Gasteiger partial charge is 0.251 e. The van der Waals surface area contributed by atoms with E-state index in [-0.39, 0.29) is 17.9 Å². The monoisotopic (exact) mass is 408 g/mol. The van der Waals surface area contributed by atoms with E-state index in [9.17, 15) is 9.59 Å². The normalized spacial score (nSPS) is 17.9. The van der Waals surface area contributed by atoms with Gasteiger partial charge < -0.3 is 19.9 Å². The van der Waals surface area contributed by atoms with Gasteiger partial charge in [0.2, 0.25) is 5.91 Å². The van der Waals surface area contributed by atoms with Crippen LogP contribution in [0.1, 0.15) is 47.6 Å². The highest BCUT2D eigenvalue weighted by Crippen LogP contribution is 2.24. The summed E-state index contributed by atoms with van der Waals surface area (Å²) in [4.78, 5) is 28.0. The summed E-state index contributed by atoms with van der Waals surface area (Å²) in [6, 6.07) is 15.6. The average molecular weight is 409 g/mol. The van der Waals surface area contributed by atoms with E-state index in [0.717, 1.165) is 43.1 Å². The van der Waals surface area contributed by atoms with Crippen LogP contribution in [-0.4, -0.2) is 45.1 Å². The molecule has 1 atom stereocenters. The molecule has 0 bridgehead atoms. The topological polar surface area (TPSA) is 63.1 Å². The predicted octanol–water partition coefficient (Wildman–Crippen LogP) is 1.97. The van der Waals surface area contributed by atoms with Crippen molar-refractivity contribution in [2.24, 2.45) is 0 Å². The standard InChI is InChI=1S/C24H29N3O3/c1-30-22-8-3-2-7-20(22)21(26-14-4-5-15-26)17-25-24(29)18-10-12-19(13-11-18)27-16-6-9-23(27)28/h2-3,7-8,10-13,21H,4-6,9,14-17H2,1H3,(H,25,29)/p+1/t21-/m1/s1. The highest BCUT2D eigenvalue weighted by Gasteiger charge is 2.30. The fraction of sp³-hybridized carbons (Fsp3) is 0.417. The first-order chi connectivity index (χ1) is 14.7. The van der Waals surface area contributed by atoms with Gasteiger partial charge in [0.1, 0.15) is 11.8 Å². The van der Waals surface area contributed by atoms with Gasteiger partial charge in [-0.15, -0.1) is 0 Å². The van der Waals surface area contributed by atoms with Crippen molar-refractivity contribution in [3.63, 3.8) is 0 Å². The van der Waals surface area contributed by atoms with Crippen molar-refractivity contribution < 1.29 is 19.2 Å². The number of benzene rings is 2. The summed E-state index contributed by atoms with van der Waals surface area (Å²) >= 11 is 0. The van der Waals surface area contributed by atoms with Crippen molar-refractivity contribution in [3.05, 3.63) is 59.7 Å². The van der Waals surface area contributed by atoms with Crippen LogP contribution in [0.15, 0.2) is 48.5 Å². The maximum atomic E-state index is 12.8. The van der Waals surface area contributed by atoms with Gasteiger partial charge in [0.15, 0.2) is 0 Å². The Bertz CT molecular complexity index is 891. The van der Waals surface area contributed by atoms with Crippen LogP contribution in [-0.2, 0) is 4.79 Å². The zero-order chi connectivity index (χ0) is 20.9. The number of anilines is 1. The van der Waals surface area contributed by atoms with Gasteiger partial charge in [0.05, 0.1) is 32.3 Å². The van der Waals surface area contributed by atoms with Crippen LogP contribution in [0, 0.1) is 0 Å². The quantitative estimate of drug-likeness (QED) is 0.736. The molecule has 0 aliphatic carbocycles. The van der Waals surface area contributed by atoms with Gasteiger partial charge in [0, 0.05) is 37.1 Å². The summed E-state index contributed by atoms with van der Waals surface area (Å²) < 4.78 is 5.59. The number of para-hydroxylation sites is 1. The molecular weight excluding hydrogens is 378 g/mol. The van der Waals surface area contributed by atoms with Crippen LogP contribution in [0.2, 0.25) is 0 Å². The third-order valence-corrected chi connectivity index (χ3v) is 6.23. The predicted molar refractivity (Wildman–Crippen MR) is 116 cm³/mol. The highest BCUT2D eigenvalue weighted by atomic mass is 16.5. The molecule has 0 saturated carbocycles. The van der Waals surface area contributed by atoms with Crippen LogP contribution < -0.4 is 19.9 Å². The molecule has 6 heteroatoms. The number of ether oxygens (including phenoxy) is 1. The Morgan fingerprint density at radius 2 is 1.83 bits per heavy atom. The van der Waals surface area contributed by atoms with E-state index < -0.39 is 0 Å². The number of hydrogen-bond donors (Lipinski definition) is 2. The van der Waals surface area contributed by atoms with E-state index >= 15 is 0 Å². The second-order valence-corrected chi connectivity index (χ2v) is 8.07. The van der Waals surface area contributed by atoms with E-state index in [1.807, 2.05) is 30.3 Å². The Hall–Kier alpha value is -2.86. The molecule has 158 valence electrons. The molecule has 2 heterocycles. The Labute approximate surface area is 177 Å². The van der Waals surface area contributed by atoms with E-state index in [0.29, 0.717) is 18.5 Å². The molecule has 2 aromatic carbocycles. The molecule has 6 nitrogen and oxygen atoms in total. The maximum absolute atomic E-state index is 12.8. The Morgan fingerprint density at radius 1 is 1.10 bits per heavy atom. The lowest BCUT2D eigenvalue weighted by atomic mass is 10.0. The number of carbonyl (C=O) groups is 2. The first-order valence-corrected chi connectivity index (χ1v) is 10.8. The number of rotatable bonds is 7. The molecule has 0 radical (unpaired) electrons. The molecule has 0 aromatic heterocycles. The van der Waals surface area contributed by atoms with Gasteiger partial charge in [-0.05, 0) is 42.8 Å². The number of hydrogen-bond acceptors (Lipinski definition) is 3. The van der Waals surface area contributed by atoms with Gasteiger partial charge in [-0.2, -0.15) is 0 Å². The lowest BCUT2D eigenvalue weighted by Crippen LogP contribution is -3.11. The molecule has 2 aliphatic heterocycles. The number of quaternary nitrogens is 1. The fourth-order valence-electron chi connectivity index (χ4n) is 4.62. The average Bonchev–Trinajstić information content (AvgIpc) is 3.46. The number of amides is 2. The van der Waals surface area contributed by atoms with Crippen molar-refractivity contribution in [2.45, 2.75) is 31.7 Å². The lowest BCUT2D eigenvalue weighted by molar-refractivity contribution is -0.918. The van der Waals surface area contributed by atoms with Crippen molar-refractivity contribution in [1.82, 2.24) is 5.32 Å². The summed E-state index contributed by atoms with van der Waals surface area (Å²) in [5.74, 6) is 0.934. The number of methoxy groups -OCH3 is 1. The van der Waals surface area contributed by atoms with Crippen molar-refractivity contribution >= 4 is 17.5 Å². The Kier molecular flexibility index (Phi) is 6.33. The van der Waals surface area contributed by atoms with Crippen LogP contribution in [0.5, 0.6) is 5.75 Å². The number of carbonyl (C=O) groups excluding carboxylic acids is 2. The highest BCUT2D eigenvalue weighted by molar-refractivity contribution is 5.97. The molecule has 2 fully saturated rings. The molecule has 30 heavy (non-hydrogen) atoms. The van der Waals surface area contributed by atoms with Crippen LogP contribution in [0.4, 0.5) is 5.69 Å². The summed E-state index contributed by atoms with van der Waals surface area (Å²) in [6.07, 6.45) is 3.92. The maximum Gasteiger partial charge on any atom is 0.251 e. The van der Waals surface area contributed by atoms with Crippen molar-refractivity contribution in [3.8, 4) is 5.75 Å². The molecule has 2 aromatic rings. The summed E-state index contributed by atoms with van der Waals surface area (Å²) in [5, 5.41) is 3.13. The van der Waals surface area contributed by atoms with E-state index in [1.165, 1.54) is 17.7 Å². The Morgan fingerprint density at radius 3 is 2.50 bits per heavy atom. The minimum atomic E-state index is -0.0900. The zero-order valence-electron chi connectivity index (χ0n) is 17.5. The van der Waals surface area contributed by atoms with Crippen molar-refractivity contribution in [2.75, 3.05) is 38.2 Å². The zero-order valence-corrected chi connectivity index (χ0v) is 17.5. The minimum Gasteiger partial charge on any atom is -0.496 e. The molecule has 0 spiro atoms. The fourth-order valence-corrected chi connectivity index (χ4v) is 4.62. The minimum absolute atomic E-state index is 0.0900. The van der Waals surface area contributed by atoms with Crippen LogP contribution >= 0.6 is 0 Å². The Balaban J connectivity index is 1.45.